The van der Waals surface area contributed by atoms with E-state index in [2.05, 4.69) is 19.2 Å². The third-order valence-electron chi connectivity index (χ3n) is 2.82. The monoisotopic (exact) mass is 251 g/mol. The van der Waals surface area contributed by atoms with Crippen molar-refractivity contribution in [1.29, 1.82) is 0 Å². The smallest absolute Gasteiger partial charge is 0.258 e. The molecule has 0 saturated carbocycles. The van der Waals surface area contributed by atoms with E-state index in [9.17, 15) is 4.79 Å². The van der Waals surface area contributed by atoms with Gasteiger partial charge in [0, 0.05) is 6.04 Å². The van der Waals surface area contributed by atoms with E-state index in [1.54, 1.807) is 31.4 Å². The molecule has 1 atom stereocenters. The van der Waals surface area contributed by atoms with Crippen molar-refractivity contribution in [3.63, 3.8) is 0 Å². The summed E-state index contributed by atoms with van der Waals surface area (Å²) in [5.74, 6) is 1.73. The Balaban J connectivity index is 2.37. The van der Waals surface area contributed by atoms with Crippen LogP contribution >= 0.6 is 0 Å². The highest BCUT2D eigenvalue weighted by atomic mass is 16.5. The van der Waals surface area contributed by atoms with Gasteiger partial charge in [0.2, 0.25) is 0 Å². The maximum Gasteiger partial charge on any atom is 0.258 e. The number of benzene rings is 1. The van der Waals surface area contributed by atoms with Crippen LogP contribution in [-0.2, 0) is 4.79 Å². The van der Waals surface area contributed by atoms with Crippen molar-refractivity contribution in [2.45, 2.75) is 26.8 Å². The highest BCUT2D eigenvalue weighted by Gasteiger charge is 2.10. The van der Waals surface area contributed by atoms with Crippen LogP contribution in [0.15, 0.2) is 24.3 Å². The average molecular weight is 251 g/mol. The van der Waals surface area contributed by atoms with Gasteiger partial charge < -0.3 is 14.8 Å². The van der Waals surface area contributed by atoms with Gasteiger partial charge in [0.15, 0.2) is 6.61 Å². The van der Waals surface area contributed by atoms with Crippen LogP contribution in [0.2, 0.25) is 0 Å². The standard InChI is InChI=1S/C14H21NO3/c1-10(2)11(3)15-14(16)9-18-13-7-5-12(17-4)6-8-13/h5-8,10-11H,9H2,1-4H3,(H,15,16). The van der Waals surface area contributed by atoms with Gasteiger partial charge in [0.25, 0.3) is 5.91 Å². The van der Waals surface area contributed by atoms with Crippen molar-refractivity contribution < 1.29 is 14.3 Å². The highest BCUT2D eigenvalue weighted by Crippen LogP contribution is 2.16. The Morgan fingerprint density at radius 3 is 2.22 bits per heavy atom. The molecule has 0 aliphatic carbocycles. The molecular formula is C14H21NO3. The molecule has 1 aromatic carbocycles. The van der Waals surface area contributed by atoms with Crippen LogP contribution < -0.4 is 14.8 Å². The molecule has 0 spiro atoms. The van der Waals surface area contributed by atoms with Crippen LogP contribution in [0.3, 0.4) is 0 Å². The minimum atomic E-state index is -0.105. The quantitative estimate of drug-likeness (QED) is 0.843. The normalized spacial score (nSPS) is 12.1. The zero-order valence-electron chi connectivity index (χ0n) is 11.4. The van der Waals surface area contributed by atoms with E-state index in [4.69, 9.17) is 9.47 Å². The van der Waals surface area contributed by atoms with Gasteiger partial charge in [-0.25, -0.2) is 0 Å². The first-order chi connectivity index (χ1) is 8.52. The molecule has 0 radical (unpaired) electrons. The molecule has 1 unspecified atom stereocenters. The molecule has 0 aliphatic rings. The van der Waals surface area contributed by atoms with E-state index in [1.165, 1.54) is 0 Å². The summed E-state index contributed by atoms with van der Waals surface area (Å²) in [6.45, 7) is 6.14. The van der Waals surface area contributed by atoms with Gasteiger partial charge in [-0.1, -0.05) is 13.8 Å². The average Bonchev–Trinajstić information content (AvgIpc) is 2.36. The third kappa shape index (κ3) is 4.65. The van der Waals surface area contributed by atoms with E-state index < -0.39 is 0 Å². The summed E-state index contributed by atoms with van der Waals surface area (Å²) in [5, 5.41) is 2.88. The third-order valence-corrected chi connectivity index (χ3v) is 2.82. The number of methoxy groups -OCH3 is 1. The Bertz CT molecular complexity index is 373. The molecular weight excluding hydrogens is 230 g/mol. The zero-order chi connectivity index (χ0) is 13.5. The molecule has 1 rings (SSSR count). The molecule has 100 valence electrons. The zero-order valence-corrected chi connectivity index (χ0v) is 11.4. The first kappa shape index (κ1) is 14.4. The first-order valence-corrected chi connectivity index (χ1v) is 6.09. The van der Waals surface area contributed by atoms with Gasteiger partial charge in [0.05, 0.1) is 7.11 Å². The Labute approximate surface area is 108 Å². The fourth-order valence-electron chi connectivity index (χ4n) is 1.28. The van der Waals surface area contributed by atoms with Crippen LogP contribution in [0, 0.1) is 5.92 Å². The number of amides is 1. The lowest BCUT2D eigenvalue weighted by Gasteiger charge is -2.17. The first-order valence-electron chi connectivity index (χ1n) is 6.09. The number of nitrogens with one attached hydrogen (secondary N) is 1. The molecule has 18 heavy (non-hydrogen) atoms. The molecule has 0 saturated heterocycles. The van der Waals surface area contributed by atoms with Crippen LogP contribution in [0.1, 0.15) is 20.8 Å². The number of ether oxygens (including phenoxy) is 2. The minimum Gasteiger partial charge on any atom is -0.497 e. The lowest BCUT2D eigenvalue weighted by molar-refractivity contribution is -0.124. The second kappa shape index (κ2) is 6.89. The fourth-order valence-corrected chi connectivity index (χ4v) is 1.28. The molecule has 0 heterocycles. The van der Waals surface area contributed by atoms with E-state index in [0.717, 1.165) is 5.75 Å². The predicted molar refractivity (Wildman–Crippen MR) is 70.9 cm³/mol. The number of rotatable bonds is 6. The lowest BCUT2D eigenvalue weighted by Crippen LogP contribution is -2.38. The lowest BCUT2D eigenvalue weighted by atomic mass is 10.1. The Hall–Kier alpha value is -1.71. The van der Waals surface area contributed by atoms with Crippen molar-refractivity contribution in [1.82, 2.24) is 5.32 Å². The second-order valence-electron chi connectivity index (χ2n) is 4.56. The predicted octanol–water partition coefficient (Wildman–Crippen LogP) is 2.23. The van der Waals surface area contributed by atoms with E-state index >= 15 is 0 Å². The number of hydrogen-bond donors (Lipinski definition) is 1. The van der Waals surface area contributed by atoms with E-state index in [-0.39, 0.29) is 18.6 Å². The summed E-state index contributed by atoms with van der Waals surface area (Å²) in [5.41, 5.74) is 0. The molecule has 0 aromatic heterocycles. The molecule has 1 amide bonds. The van der Waals surface area contributed by atoms with Crippen LogP contribution in [-0.4, -0.2) is 25.7 Å². The SMILES string of the molecule is COc1ccc(OCC(=O)NC(C)C(C)C)cc1. The molecule has 0 fully saturated rings. The molecule has 0 aliphatic heterocycles. The van der Waals surface area contributed by atoms with Crippen molar-refractivity contribution in [3.8, 4) is 11.5 Å². The topological polar surface area (TPSA) is 47.6 Å². The maximum absolute atomic E-state index is 11.6. The van der Waals surface area contributed by atoms with Crippen molar-refractivity contribution in [2.24, 2.45) is 5.92 Å². The van der Waals surface area contributed by atoms with Crippen molar-refractivity contribution >= 4 is 5.91 Å². The van der Waals surface area contributed by atoms with Gasteiger partial charge >= 0.3 is 0 Å². The van der Waals surface area contributed by atoms with E-state index in [0.29, 0.717) is 11.7 Å². The molecule has 4 nitrogen and oxygen atoms in total. The van der Waals surface area contributed by atoms with Crippen LogP contribution in [0.25, 0.3) is 0 Å². The summed E-state index contributed by atoms with van der Waals surface area (Å²) in [6, 6.07) is 7.29. The largest absolute Gasteiger partial charge is 0.497 e. The van der Waals surface area contributed by atoms with Crippen molar-refractivity contribution in [2.75, 3.05) is 13.7 Å². The Kier molecular flexibility index (Phi) is 5.49. The highest BCUT2D eigenvalue weighted by molar-refractivity contribution is 5.77. The number of carbonyl (C=O) groups excluding carboxylic acids is 1. The van der Waals surface area contributed by atoms with Crippen molar-refractivity contribution in [3.05, 3.63) is 24.3 Å². The summed E-state index contributed by atoms with van der Waals surface area (Å²) >= 11 is 0. The molecule has 4 heteroatoms. The summed E-state index contributed by atoms with van der Waals surface area (Å²) in [4.78, 5) is 11.6. The van der Waals surface area contributed by atoms with Gasteiger partial charge in [-0.05, 0) is 37.1 Å². The van der Waals surface area contributed by atoms with Gasteiger partial charge in [0.1, 0.15) is 11.5 Å². The van der Waals surface area contributed by atoms with Crippen LogP contribution in [0.4, 0.5) is 0 Å². The maximum atomic E-state index is 11.6. The van der Waals surface area contributed by atoms with Gasteiger partial charge in [-0.15, -0.1) is 0 Å². The number of carbonyl (C=O) groups is 1. The molecule has 1 N–H and O–H groups in total. The van der Waals surface area contributed by atoms with Gasteiger partial charge in [-0.2, -0.15) is 0 Å². The summed E-state index contributed by atoms with van der Waals surface area (Å²) < 4.78 is 10.4. The Morgan fingerprint density at radius 2 is 1.72 bits per heavy atom. The fraction of sp³-hybridized carbons (Fsp3) is 0.500. The minimum absolute atomic E-state index is 0.0311. The summed E-state index contributed by atoms with van der Waals surface area (Å²) in [6.07, 6.45) is 0. The molecule has 1 aromatic rings. The van der Waals surface area contributed by atoms with E-state index in [1.807, 2.05) is 6.92 Å². The summed E-state index contributed by atoms with van der Waals surface area (Å²) in [7, 11) is 1.61. The van der Waals surface area contributed by atoms with Gasteiger partial charge in [-0.3, -0.25) is 4.79 Å². The number of hydrogen-bond acceptors (Lipinski definition) is 3. The second-order valence-corrected chi connectivity index (χ2v) is 4.56. The molecule has 0 bridgehead atoms. The van der Waals surface area contributed by atoms with Crippen LogP contribution in [0.5, 0.6) is 11.5 Å². The Morgan fingerprint density at radius 1 is 1.17 bits per heavy atom.